The SMILES string of the molecule is C[C@H](NC(=O)CNC(=O)C12CC3CC(CC(C3)C1)C2)c1nc2ccccc2n1C(F)F. The maximum absolute atomic E-state index is 13.7. The van der Waals surface area contributed by atoms with Crippen LogP contribution in [0.25, 0.3) is 11.0 Å². The second-order valence-corrected chi connectivity index (χ2v) is 9.78. The molecule has 4 bridgehead atoms. The van der Waals surface area contributed by atoms with Gasteiger partial charge in [-0.15, -0.1) is 0 Å². The average Bonchev–Trinajstić information content (AvgIpc) is 3.11. The summed E-state index contributed by atoms with van der Waals surface area (Å²) in [4.78, 5) is 29.8. The molecule has 166 valence electrons. The van der Waals surface area contributed by atoms with E-state index in [1.807, 2.05) is 0 Å². The standard InChI is InChI=1S/C23H28F2N4O2/c1-13(20-28-17-4-2-3-5-18(17)29(20)22(24)25)27-19(30)12-26-21(31)23-9-14-6-15(10-23)8-16(7-14)11-23/h2-5,13-16,22H,6-12H2,1H3,(H,26,31)(H,27,30)/t13-,14?,15?,16?,23?/m0/s1. The molecule has 0 aliphatic heterocycles. The van der Waals surface area contributed by atoms with E-state index in [-0.39, 0.29) is 23.7 Å². The first-order valence-electron chi connectivity index (χ1n) is 11.2. The summed E-state index contributed by atoms with van der Waals surface area (Å²) in [6.07, 6.45) is 6.53. The smallest absolute Gasteiger partial charge is 0.320 e. The van der Waals surface area contributed by atoms with Crippen LogP contribution in [0.2, 0.25) is 0 Å². The van der Waals surface area contributed by atoms with Gasteiger partial charge in [-0.05, 0) is 75.3 Å². The Morgan fingerprint density at radius 2 is 1.74 bits per heavy atom. The number of amides is 2. The summed E-state index contributed by atoms with van der Waals surface area (Å²) < 4.78 is 28.2. The Kier molecular flexibility index (Phi) is 4.98. The molecule has 8 heteroatoms. The lowest BCUT2D eigenvalue weighted by atomic mass is 9.49. The monoisotopic (exact) mass is 430 g/mol. The zero-order valence-corrected chi connectivity index (χ0v) is 17.6. The molecule has 4 saturated carbocycles. The van der Waals surface area contributed by atoms with E-state index >= 15 is 0 Å². The van der Waals surface area contributed by atoms with Crippen LogP contribution in [0.15, 0.2) is 24.3 Å². The third kappa shape index (κ3) is 3.59. The molecule has 2 amide bonds. The van der Waals surface area contributed by atoms with E-state index in [4.69, 9.17) is 0 Å². The van der Waals surface area contributed by atoms with Crippen molar-refractivity contribution in [3.63, 3.8) is 0 Å². The van der Waals surface area contributed by atoms with Gasteiger partial charge >= 0.3 is 6.55 Å². The van der Waals surface area contributed by atoms with Gasteiger partial charge in [0.15, 0.2) is 0 Å². The summed E-state index contributed by atoms with van der Waals surface area (Å²) in [5.41, 5.74) is 0.461. The van der Waals surface area contributed by atoms with Gasteiger partial charge in [-0.25, -0.2) is 4.98 Å². The Morgan fingerprint density at radius 3 is 2.35 bits per heavy atom. The first kappa shape index (κ1) is 20.4. The molecule has 6 rings (SSSR count). The molecular formula is C23H28F2N4O2. The van der Waals surface area contributed by atoms with E-state index in [9.17, 15) is 18.4 Å². The van der Waals surface area contributed by atoms with Gasteiger partial charge in [0.25, 0.3) is 0 Å². The molecule has 1 aromatic carbocycles. The van der Waals surface area contributed by atoms with Crippen LogP contribution >= 0.6 is 0 Å². The molecular weight excluding hydrogens is 402 g/mol. The summed E-state index contributed by atoms with van der Waals surface area (Å²) in [7, 11) is 0. The van der Waals surface area contributed by atoms with Crippen molar-refractivity contribution < 1.29 is 18.4 Å². The molecule has 6 nitrogen and oxygen atoms in total. The van der Waals surface area contributed by atoms with E-state index in [1.54, 1.807) is 31.2 Å². The van der Waals surface area contributed by atoms with Crippen molar-refractivity contribution in [2.75, 3.05) is 6.54 Å². The van der Waals surface area contributed by atoms with Crippen molar-refractivity contribution in [1.82, 2.24) is 20.2 Å². The van der Waals surface area contributed by atoms with E-state index in [2.05, 4.69) is 15.6 Å². The molecule has 0 unspecified atom stereocenters. The van der Waals surface area contributed by atoms with Gasteiger partial charge in [0.05, 0.1) is 23.6 Å². The fraction of sp³-hybridized carbons (Fsp3) is 0.609. The number of nitrogens with one attached hydrogen (secondary N) is 2. The Balaban J connectivity index is 1.23. The number of hydrogen-bond acceptors (Lipinski definition) is 3. The van der Waals surface area contributed by atoms with Crippen molar-refractivity contribution >= 4 is 22.8 Å². The lowest BCUT2D eigenvalue weighted by Crippen LogP contribution is -2.54. The third-order valence-corrected chi connectivity index (χ3v) is 7.51. The fourth-order valence-corrected chi connectivity index (χ4v) is 6.67. The lowest BCUT2D eigenvalue weighted by Gasteiger charge is -2.55. The van der Waals surface area contributed by atoms with E-state index < -0.39 is 18.5 Å². The quantitative estimate of drug-likeness (QED) is 0.729. The van der Waals surface area contributed by atoms with Crippen molar-refractivity contribution in [2.24, 2.45) is 23.2 Å². The summed E-state index contributed by atoms with van der Waals surface area (Å²) in [6, 6.07) is 5.94. The molecule has 1 aromatic heterocycles. The molecule has 2 aromatic rings. The van der Waals surface area contributed by atoms with Crippen molar-refractivity contribution in [2.45, 2.75) is 58.0 Å². The molecule has 1 atom stereocenters. The van der Waals surface area contributed by atoms with Crippen molar-refractivity contribution in [3.8, 4) is 0 Å². The number of carbonyl (C=O) groups is 2. The number of para-hydroxylation sites is 2. The normalized spacial score (nSPS) is 30.0. The van der Waals surface area contributed by atoms with Gasteiger partial charge < -0.3 is 10.6 Å². The highest BCUT2D eigenvalue weighted by atomic mass is 19.3. The zero-order chi connectivity index (χ0) is 21.8. The van der Waals surface area contributed by atoms with Crippen LogP contribution in [0.1, 0.15) is 63.9 Å². The van der Waals surface area contributed by atoms with Gasteiger partial charge in [0, 0.05) is 5.41 Å². The topological polar surface area (TPSA) is 76.0 Å². The largest absolute Gasteiger partial charge is 0.347 e. The predicted octanol–water partition coefficient (Wildman–Crippen LogP) is 3.94. The Labute approximate surface area is 179 Å². The molecule has 4 aliphatic rings. The Morgan fingerprint density at radius 1 is 1.13 bits per heavy atom. The van der Waals surface area contributed by atoms with Crippen molar-refractivity contribution in [3.05, 3.63) is 30.1 Å². The number of halogens is 2. The number of nitrogens with zero attached hydrogens (tertiary/aromatic N) is 2. The lowest BCUT2D eigenvalue weighted by molar-refractivity contribution is -0.147. The van der Waals surface area contributed by atoms with Crippen LogP contribution < -0.4 is 10.6 Å². The highest BCUT2D eigenvalue weighted by Crippen LogP contribution is 2.60. The summed E-state index contributed by atoms with van der Waals surface area (Å²) >= 11 is 0. The number of aromatic nitrogens is 2. The highest BCUT2D eigenvalue weighted by Gasteiger charge is 2.54. The molecule has 0 saturated heterocycles. The van der Waals surface area contributed by atoms with Crippen LogP contribution in [0.4, 0.5) is 8.78 Å². The van der Waals surface area contributed by atoms with Gasteiger partial charge in [-0.2, -0.15) is 8.78 Å². The fourth-order valence-electron chi connectivity index (χ4n) is 6.67. The minimum absolute atomic E-state index is 0.0192. The number of rotatable bonds is 6. The Hall–Kier alpha value is -2.51. The van der Waals surface area contributed by atoms with E-state index in [0.717, 1.165) is 23.8 Å². The number of benzene rings is 1. The number of fused-ring (bicyclic) bond motifs is 1. The summed E-state index contributed by atoms with van der Waals surface area (Å²) in [5, 5.41) is 5.55. The zero-order valence-electron chi connectivity index (χ0n) is 17.6. The molecule has 0 radical (unpaired) electrons. The number of hydrogen-bond donors (Lipinski definition) is 2. The second kappa shape index (κ2) is 7.57. The van der Waals surface area contributed by atoms with Gasteiger partial charge in [0.2, 0.25) is 11.8 Å². The number of carbonyl (C=O) groups excluding carboxylic acids is 2. The van der Waals surface area contributed by atoms with Crippen LogP contribution in [0.3, 0.4) is 0 Å². The highest BCUT2D eigenvalue weighted by molar-refractivity contribution is 5.88. The number of imidazole rings is 1. The first-order chi connectivity index (χ1) is 14.8. The molecule has 0 spiro atoms. The summed E-state index contributed by atoms with van der Waals surface area (Å²) in [5.74, 6) is 1.61. The maximum atomic E-state index is 13.7. The van der Waals surface area contributed by atoms with Crippen LogP contribution in [0, 0.1) is 23.2 Å². The molecule has 2 N–H and O–H groups in total. The van der Waals surface area contributed by atoms with E-state index in [0.29, 0.717) is 28.8 Å². The van der Waals surface area contributed by atoms with E-state index in [1.165, 1.54) is 19.3 Å². The van der Waals surface area contributed by atoms with Gasteiger partial charge in [-0.3, -0.25) is 14.2 Å². The molecule has 4 fully saturated rings. The van der Waals surface area contributed by atoms with Gasteiger partial charge in [-0.1, -0.05) is 12.1 Å². The van der Waals surface area contributed by atoms with Crippen LogP contribution in [-0.2, 0) is 9.59 Å². The first-order valence-corrected chi connectivity index (χ1v) is 11.2. The summed E-state index contributed by atoms with van der Waals surface area (Å²) in [6.45, 7) is -1.30. The predicted molar refractivity (Wildman–Crippen MR) is 111 cm³/mol. The number of alkyl halides is 2. The molecule has 4 aliphatic carbocycles. The molecule has 31 heavy (non-hydrogen) atoms. The maximum Gasteiger partial charge on any atom is 0.320 e. The minimum atomic E-state index is -2.77. The molecule has 1 heterocycles. The van der Waals surface area contributed by atoms with Gasteiger partial charge in [0.1, 0.15) is 5.82 Å². The average molecular weight is 430 g/mol. The minimum Gasteiger partial charge on any atom is -0.347 e. The third-order valence-electron chi connectivity index (χ3n) is 7.51. The Bertz CT molecular complexity index is 983. The second-order valence-electron chi connectivity index (χ2n) is 9.78. The van der Waals surface area contributed by atoms with Crippen LogP contribution in [-0.4, -0.2) is 27.9 Å². The van der Waals surface area contributed by atoms with Crippen molar-refractivity contribution in [1.29, 1.82) is 0 Å². The van der Waals surface area contributed by atoms with Crippen LogP contribution in [0.5, 0.6) is 0 Å².